The van der Waals surface area contributed by atoms with Crippen LogP contribution in [0.1, 0.15) is 13.8 Å². The van der Waals surface area contributed by atoms with Crippen LogP contribution in [0.25, 0.3) is 0 Å². The van der Waals surface area contributed by atoms with E-state index >= 15 is 0 Å². The summed E-state index contributed by atoms with van der Waals surface area (Å²) in [7, 11) is 2.17. The molecule has 0 bridgehead atoms. The smallest absolute Gasteiger partial charge is 0.0473 e. The number of nitrogens with zero attached hydrogens (tertiary/aromatic N) is 2. The maximum Gasteiger partial charge on any atom is 0.0473 e. The first-order chi connectivity index (χ1) is 6.63. The van der Waals surface area contributed by atoms with E-state index in [1.807, 2.05) is 0 Å². The van der Waals surface area contributed by atoms with Gasteiger partial charge in [0.15, 0.2) is 0 Å². The number of hydrogen-bond donors (Lipinski definition) is 1. The van der Waals surface area contributed by atoms with E-state index in [2.05, 4.69) is 30.7 Å². The van der Waals surface area contributed by atoms with Gasteiger partial charge < -0.3 is 14.9 Å². The van der Waals surface area contributed by atoms with E-state index in [4.69, 9.17) is 0 Å². The molecule has 0 amide bonds. The standard InChI is InChI=1S/C11H24N2O/c1-10(2)11(9-14)8-13-6-4-12(3)5-7-13/h10-11,14H,4-9H2,1-3H3. The summed E-state index contributed by atoms with van der Waals surface area (Å²) >= 11 is 0. The molecule has 1 rings (SSSR count). The molecule has 0 aliphatic carbocycles. The topological polar surface area (TPSA) is 26.7 Å². The average Bonchev–Trinajstić information content (AvgIpc) is 2.16. The fourth-order valence-corrected chi connectivity index (χ4v) is 1.84. The second-order valence-corrected chi connectivity index (χ2v) is 4.79. The summed E-state index contributed by atoms with van der Waals surface area (Å²) in [6.07, 6.45) is 0. The van der Waals surface area contributed by atoms with Crippen LogP contribution in [-0.4, -0.2) is 61.3 Å². The maximum absolute atomic E-state index is 9.24. The molecule has 0 aromatic carbocycles. The third kappa shape index (κ3) is 3.56. The number of aliphatic hydroxyl groups excluding tert-OH is 1. The molecule has 84 valence electrons. The minimum atomic E-state index is 0.323. The fourth-order valence-electron chi connectivity index (χ4n) is 1.84. The highest BCUT2D eigenvalue weighted by Crippen LogP contribution is 2.13. The first-order valence-corrected chi connectivity index (χ1v) is 5.65. The van der Waals surface area contributed by atoms with E-state index in [1.54, 1.807) is 0 Å². The van der Waals surface area contributed by atoms with Crippen LogP contribution in [0.15, 0.2) is 0 Å². The Labute approximate surface area is 87.7 Å². The highest BCUT2D eigenvalue weighted by atomic mass is 16.3. The van der Waals surface area contributed by atoms with Crippen molar-refractivity contribution in [3.8, 4) is 0 Å². The second-order valence-electron chi connectivity index (χ2n) is 4.79. The minimum absolute atomic E-state index is 0.323. The van der Waals surface area contributed by atoms with Crippen LogP contribution in [0.5, 0.6) is 0 Å². The Kier molecular flexibility index (Phi) is 4.85. The molecule has 3 nitrogen and oxygen atoms in total. The average molecular weight is 200 g/mol. The summed E-state index contributed by atoms with van der Waals surface area (Å²) < 4.78 is 0. The van der Waals surface area contributed by atoms with Crippen molar-refractivity contribution in [1.29, 1.82) is 0 Å². The van der Waals surface area contributed by atoms with Gasteiger partial charge in [-0.15, -0.1) is 0 Å². The van der Waals surface area contributed by atoms with Gasteiger partial charge in [-0.3, -0.25) is 0 Å². The van der Waals surface area contributed by atoms with Gasteiger partial charge in [0.1, 0.15) is 0 Å². The van der Waals surface area contributed by atoms with E-state index in [0.29, 0.717) is 18.4 Å². The minimum Gasteiger partial charge on any atom is -0.396 e. The molecule has 1 unspecified atom stereocenters. The van der Waals surface area contributed by atoms with Gasteiger partial charge in [0.2, 0.25) is 0 Å². The zero-order chi connectivity index (χ0) is 10.6. The molecule has 3 heteroatoms. The Morgan fingerprint density at radius 1 is 1.14 bits per heavy atom. The molecule has 1 aliphatic heterocycles. The normalized spacial score (nSPS) is 22.9. The van der Waals surface area contributed by atoms with Crippen LogP contribution >= 0.6 is 0 Å². The summed E-state index contributed by atoms with van der Waals surface area (Å²) in [5, 5.41) is 9.24. The van der Waals surface area contributed by atoms with E-state index in [9.17, 15) is 5.11 Å². The van der Waals surface area contributed by atoms with Crippen molar-refractivity contribution in [2.45, 2.75) is 13.8 Å². The van der Waals surface area contributed by atoms with E-state index < -0.39 is 0 Å². The van der Waals surface area contributed by atoms with Crippen molar-refractivity contribution in [1.82, 2.24) is 9.80 Å². The Morgan fingerprint density at radius 2 is 1.71 bits per heavy atom. The van der Waals surface area contributed by atoms with Crippen molar-refractivity contribution in [3.05, 3.63) is 0 Å². The number of likely N-dealkylation sites (N-methyl/N-ethyl adjacent to an activating group) is 1. The highest BCUT2D eigenvalue weighted by molar-refractivity contribution is 4.73. The molecule has 0 aromatic rings. The summed E-state index contributed by atoms with van der Waals surface area (Å²) in [5.74, 6) is 1.03. The number of hydrogen-bond acceptors (Lipinski definition) is 3. The maximum atomic E-state index is 9.24. The van der Waals surface area contributed by atoms with Crippen molar-refractivity contribution >= 4 is 0 Å². The van der Waals surface area contributed by atoms with Crippen LogP contribution in [0.4, 0.5) is 0 Å². The molecule has 1 saturated heterocycles. The molecule has 0 aromatic heterocycles. The number of piperazine rings is 1. The SMILES string of the molecule is CC(C)C(CO)CN1CCN(C)CC1. The van der Waals surface area contributed by atoms with Crippen molar-refractivity contribution in [2.75, 3.05) is 46.4 Å². The molecule has 1 heterocycles. The van der Waals surface area contributed by atoms with Crippen LogP contribution in [0, 0.1) is 11.8 Å². The molecule has 14 heavy (non-hydrogen) atoms. The molecule has 1 fully saturated rings. The lowest BCUT2D eigenvalue weighted by molar-refractivity contribution is 0.0957. The zero-order valence-electron chi connectivity index (χ0n) is 9.74. The fraction of sp³-hybridized carbons (Fsp3) is 1.00. The quantitative estimate of drug-likeness (QED) is 0.716. The van der Waals surface area contributed by atoms with Crippen LogP contribution in [-0.2, 0) is 0 Å². The monoisotopic (exact) mass is 200 g/mol. The Hall–Kier alpha value is -0.120. The van der Waals surface area contributed by atoms with Gasteiger partial charge in [0.25, 0.3) is 0 Å². The van der Waals surface area contributed by atoms with Gasteiger partial charge in [0, 0.05) is 39.3 Å². The second kappa shape index (κ2) is 5.69. The van der Waals surface area contributed by atoms with Gasteiger partial charge in [-0.1, -0.05) is 13.8 Å². The zero-order valence-corrected chi connectivity index (χ0v) is 9.74. The van der Waals surface area contributed by atoms with Crippen LogP contribution < -0.4 is 0 Å². The van der Waals surface area contributed by atoms with Crippen molar-refractivity contribution < 1.29 is 5.11 Å². The lowest BCUT2D eigenvalue weighted by Gasteiger charge is -2.35. The first-order valence-electron chi connectivity index (χ1n) is 5.65. The molecular formula is C11H24N2O. The summed E-state index contributed by atoms with van der Waals surface area (Å²) in [6.45, 7) is 10.4. The first kappa shape index (κ1) is 12.0. The van der Waals surface area contributed by atoms with Crippen LogP contribution in [0.2, 0.25) is 0 Å². The lowest BCUT2D eigenvalue weighted by atomic mass is 9.96. The Bertz CT molecular complexity index is 153. The molecule has 0 radical (unpaired) electrons. The predicted octanol–water partition coefficient (Wildman–Crippen LogP) is 0.498. The van der Waals surface area contributed by atoms with E-state index in [-0.39, 0.29) is 0 Å². The Balaban J connectivity index is 2.29. The lowest BCUT2D eigenvalue weighted by Crippen LogP contribution is -2.47. The number of rotatable bonds is 4. The predicted molar refractivity (Wildman–Crippen MR) is 59.4 cm³/mol. The summed E-state index contributed by atoms with van der Waals surface area (Å²) in [4.78, 5) is 4.83. The summed E-state index contributed by atoms with van der Waals surface area (Å²) in [5.41, 5.74) is 0. The molecular weight excluding hydrogens is 176 g/mol. The molecule has 0 saturated carbocycles. The van der Waals surface area contributed by atoms with Gasteiger partial charge >= 0.3 is 0 Å². The molecule has 1 aliphatic rings. The van der Waals surface area contributed by atoms with Crippen molar-refractivity contribution in [2.24, 2.45) is 11.8 Å². The van der Waals surface area contributed by atoms with Crippen molar-refractivity contribution in [3.63, 3.8) is 0 Å². The third-order valence-corrected chi connectivity index (χ3v) is 3.27. The molecule has 1 N–H and O–H groups in total. The molecule has 1 atom stereocenters. The van der Waals surface area contributed by atoms with E-state index in [1.165, 1.54) is 0 Å². The van der Waals surface area contributed by atoms with Gasteiger partial charge in [-0.05, 0) is 18.9 Å². The third-order valence-electron chi connectivity index (χ3n) is 3.27. The molecule has 0 spiro atoms. The Morgan fingerprint density at radius 3 is 2.14 bits per heavy atom. The van der Waals surface area contributed by atoms with Gasteiger partial charge in [-0.25, -0.2) is 0 Å². The van der Waals surface area contributed by atoms with Crippen LogP contribution in [0.3, 0.4) is 0 Å². The number of aliphatic hydroxyl groups is 1. The largest absolute Gasteiger partial charge is 0.396 e. The van der Waals surface area contributed by atoms with E-state index in [0.717, 1.165) is 32.7 Å². The van der Waals surface area contributed by atoms with Gasteiger partial charge in [-0.2, -0.15) is 0 Å². The van der Waals surface area contributed by atoms with Gasteiger partial charge in [0.05, 0.1) is 0 Å². The highest BCUT2D eigenvalue weighted by Gasteiger charge is 2.19. The summed E-state index contributed by atoms with van der Waals surface area (Å²) in [6, 6.07) is 0.